The molecule has 2 aromatic rings. The Morgan fingerprint density at radius 3 is 1.93 bits per heavy atom. The highest BCUT2D eigenvalue weighted by atomic mass is 16.2. The van der Waals surface area contributed by atoms with Crippen LogP contribution in [0.1, 0.15) is 5.56 Å². The molecule has 0 saturated carbocycles. The van der Waals surface area contributed by atoms with Crippen LogP contribution in [-0.4, -0.2) is 11.7 Å². The Balaban J connectivity index is 2.24. The first kappa shape index (κ1) is 9.94. The molecule has 1 N–H and O–H groups in total. The number of rotatable bonds is 3. The fourth-order valence-electron chi connectivity index (χ4n) is 1.62. The summed E-state index contributed by atoms with van der Waals surface area (Å²) in [6, 6.07) is 18.6. The van der Waals surface area contributed by atoms with Gasteiger partial charge < -0.3 is 5.11 Å². The summed E-state index contributed by atoms with van der Waals surface area (Å²) in [7, 11) is 0. The highest BCUT2D eigenvalue weighted by molar-refractivity contribution is 5.63. The third kappa shape index (κ3) is 2.45. The van der Waals surface area contributed by atoms with Gasteiger partial charge in [0.15, 0.2) is 0 Å². The van der Waals surface area contributed by atoms with Crippen molar-refractivity contribution < 1.29 is 5.11 Å². The molecule has 0 saturated heterocycles. The standard InChI is InChI=1S/C14H14O/c15-11-10-12-6-8-14(9-7-12)13-4-2-1-3-5-13/h1-9,15H,10-11H2. The van der Waals surface area contributed by atoms with E-state index in [1.807, 2.05) is 18.2 Å². The lowest BCUT2D eigenvalue weighted by Gasteiger charge is -2.03. The van der Waals surface area contributed by atoms with Gasteiger partial charge in [0.1, 0.15) is 0 Å². The summed E-state index contributed by atoms with van der Waals surface area (Å²) in [4.78, 5) is 0. The van der Waals surface area contributed by atoms with Crippen molar-refractivity contribution in [3.05, 3.63) is 60.2 Å². The van der Waals surface area contributed by atoms with E-state index in [-0.39, 0.29) is 6.61 Å². The van der Waals surface area contributed by atoms with Crippen LogP contribution >= 0.6 is 0 Å². The second kappa shape index (κ2) is 4.76. The van der Waals surface area contributed by atoms with E-state index in [2.05, 4.69) is 36.4 Å². The molecular weight excluding hydrogens is 184 g/mol. The average molecular weight is 198 g/mol. The molecule has 0 amide bonds. The summed E-state index contributed by atoms with van der Waals surface area (Å²) in [5.41, 5.74) is 3.63. The summed E-state index contributed by atoms with van der Waals surface area (Å²) in [6.07, 6.45) is 0.731. The largest absolute Gasteiger partial charge is 0.396 e. The van der Waals surface area contributed by atoms with Gasteiger partial charge in [-0.15, -0.1) is 0 Å². The van der Waals surface area contributed by atoms with Gasteiger partial charge in [0.05, 0.1) is 0 Å². The quantitative estimate of drug-likeness (QED) is 0.804. The van der Waals surface area contributed by atoms with Crippen molar-refractivity contribution in [3.8, 4) is 11.1 Å². The second-order valence-corrected chi connectivity index (χ2v) is 3.54. The lowest BCUT2D eigenvalue weighted by Crippen LogP contribution is -1.89. The predicted molar refractivity (Wildman–Crippen MR) is 62.7 cm³/mol. The van der Waals surface area contributed by atoms with Crippen LogP contribution in [-0.2, 0) is 6.42 Å². The van der Waals surface area contributed by atoms with Gasteiger partial charge in [0.25, 0.3) is 0 Å². The minimum Gasteiger partial charge on any atom is -0.396 e. The zero-order valence-electron chi connectivity index (χ0n) is 8.56. The Kier molecular flexibility index (Phi) is 3.15. The topological polar surface area (TPSA) is 20.2 Å². The molecule has 1 heteroatoms. The normalized spacial score (nSPS) is 10.2. The van der Waals surface area contributed by atoms with E-state index in [0.29, 0.717) is 0 Å². The minimum absolute atomic E-state index is 0.213. The highest BCUT2D eigenvalue weighted by Gasteiger charge is 1.96. The molecule has 0 unspecified atom stereocenters. The molecule has 0 radical (unpaired) electrons. The van der Waals surface area contributed by atoms with Crippen LogP contribution in [0.5, 0.6) is 0 Å². The zero-order valence-corrected chi connectivity index (χ0v) is 8.56. The predicted octanol–water partition coefficient (Wildman–Crippen LogP) is 2.89. The van der Waals surface area contributed by atoms with Crippen LogP contribution in [0, 0.1) is 0 Å². The van der Waals surface area contributed by atoms with Crippen LogP contribution in [0.2, 0.25) is 0 Å². The van der Waals surface area contributed by atoms with Crippen molar-refractivity contribution in [1.82, 2.24) is 0 Å². The van der Waals surface area contributed by atoms with Gasteiger partial charge in [-0.25, -0.2) is 0 Å². The summed E-state index contributed by atoms with van der Waals surface area (Å²) >= 11 is 0. The van der Waals surface area contributed by atoms with Gasteiger partial charge in [-0.1, -0.05) is 54.6 Å². The van der Waals surface area contributed by atoms with Gasteiger partial charge >= 0.3 is 0 Å². The van der Waals surface area contributed by atoms with Crippen LogP contribution in [0.4, 0.5) is 0 Å². The third-order valence-electron chi connectivity index (χ3n) is 2.46. The number of benzene rings is 2. The molecule has 0 aromatic heterocycles. The first-order chi connectivity index (χ1) is 7.40. The van der Waals surface area contributed by atoms with E-state index in [1.165, 1.54) is 16.7 Å². The van der Waals surface area contributed by atoms with Crippen molar-refractivity contribution in [1.29, 1.82) is 0 Å². The lowest BCUT2D eigenvalue weighted by atomic mass is 10.0. The molecule has 2 rings (SSSR count). The van der Waals surface area contributed by atoms with Crippen LogP contribution in [0.3, 0.4) is 0 Å². The third-order valence-corrected chi connectivity index (χ3v) is 2.46. The van der Waals surface area contributed by atoms with Crippen molar-refractivity contribution in [3.63, 3.8) is 0 Å². The molecule has 0 fully saturated rings. The van der Waals surface area contributed by atoms with Gasteiger partial charge in [-0.05, 0) is 23.1 Å². The summed E-state index contributed by atoms with van der Waals surface area (Å²) in [5.74, 6) is 0. The van der Waals surface area contributed by atoms with Crippen LogP contribution < -0.4 is 0 Å². The molecule has 0 spiro atoms. The van der Waals surface area contributed by atoms with Gasteiger partial charge in [0.2, 0.25) is 0 Å². The Bertz CT molecular complexity index is 403. The van der Waals surface area contributed by atoms with Crippen LogP contribution in [0.25, 0.3) is 11.1 Å². The number of hydrogen-bond donors (Lipinski definition) is 1. The number of aliphatic hydroxyl groups excluding tert-OH is 1. The summed E-state index contributed by atoms with van der Waals surface area (Å²) in [5, 5.41) is 8.81. The van der Waals surface area contributed by atoms with E-state index in [0.717, 1.165) is 6.42 Å². The van der Waals surface area contributed by atoms with Crippen molar-refractivity contribution in [2.75, 3.05) is 6.61 Å². The molecule has 0 heterocycles. The average Bonchev–Trinajstić information content (AvgIpc) is 2.32. The van der Waals surface area contributed by atoms with Crippen molar-refractivity contribution in [2.24, 2.45) is 0 Å². The molecule has 0 atom stereocenters. The lowest BCUT2D eigenvalue weighted by molar-refractivity contribution is 0.299. The Morgan fingerprint density at radius 1 is 0.733 bits per heavy atom. The molecule has 2 aromatic carbocycles. The highest BCUT2D eigenvalue weighted by Crippen LogP contribution is 2.19. The van der Waals surface area contributed by atoms with E-state index >= 15 is 0 Å². The zero-order chi connectivity index (χ0) is 10.5. The first-order valence-electron chi connectivity index (χ1n) is 5.15. The van der Waals surface area contributed by atoms with Gasteiger partial charge in [-0.2, -0.15) is 0 Å². The molecule has 76 valence electrons. The fourth-order valence-corrected chi connectivity index (χ4v) is 1.62. The molecule has 0 aliphatic carbocycles. The van der Waals surface area contributed by atoms with E-state index < -0.39 is 0 Å². The first-order valence-corrected chi connectivity index (χ1v) is 5.15. The Morgan fingerprint density at radius 2 is 1.33 bits per heavy atom. The molecule has 15 heavy (non-hydrogen) atoms. The van der Waals surface area contributed by atoms with E-state index in [4.69, 9.17) is 5.11 Å². The van der Waals surface area contributed by atoms with Crippen molar-refractivity contribution >= 4 is 0 Å². The van der Waals surface area contributed by atoms with Crippen molar-refractivity contribution in [2.45, 2.75) is 6.42 Å². The fraction of sp³-hybridized carbons (Fsp3) is 0.143. The maximum atomic E-state index is 8.81. The SMILES string of the molecule is OCCc1ccc(-c2ccccc2)cc1. The minimum atomic E-state index is 0.213. The number of aliphatic hydroxyl groups is 1. The summed E-state index contributed by atoms with van der Waals surface area (Å²) in [6.45, 7) is 0.213. The molecule has 1 nitrogen and oxygen atoms in total. The smallest absolute Gasteiger partial charge is 0.0471 e. The van der Waals surface area contributed by atoms with Gasteiger partial charge in [-0.3, -0.25) is 0 Å². The monoisotopic (exact) mass is 198 g/mol. The maximum Gasteiger partial charge on any atom is 0.0471 e. The van der Waals surface area contributed by atoms with E-state index in [1.54, 1.807) is 0 Å². The number of hydrogen-bond acceptors (Lipinski definition) is 1. The molecule has 0 aliphatic rings. The van der Waals surface area contributed by atoms with E-state index in [9.17, 15) is 0 Å². The second-order valence-electron chi connectivity index (χ2n) is 3.54. The van der Waals surface area contributed by atoms with Crippen LogP contribution in [0.15, 0.2) is 54.6 Å². The Hall–Kier alpha value is -1.60. The maximum absolute atomic E-state index is 8.81. The molecular formula is C14H14O. The summed E-state index contributed by atoms with van der Waals surface area (Å²) < 4.78 is 0. The Labute approximate surface area is 90.0 Å². The molecule has 0 bridgehead atoms. The molecule has 0 aliphatic heterocycles. The van der Waals surface area contributed by atoms with Gasteiger partial charge in [0, 0.05) is 6.61 Å².